The maximum absolute atomic E-state index is 13.1. The molecule has 0 aliphatic carbocycles. The number of hydrogen-bond donors (Lipinski definition) is 2. The van der Waals surface area contributed by atoms with E-state index in [0.717, 1.165) is 12.1 Å². The number of benzene rings is 1. The van der Waals surface area contributed by atoms with E-state index in [9.17, 15) is 9.18 Å². The molecule has 1 atom stereocenters. The highest BCUT2D eigenvalue weighted by Gasteiger charge is 2.09. The van der Waals surface area contributed by atoms with Crippen LogP contribution < -0.4 is 10.6 Å². The number of rotatable bonds is 5. The minimum atomic E-state index is -0.395. The fraction of sp³-hybridized carbons (Fsp3) is 0.250. The van der Waals surface area contributed by atoms with Gasteiger partial charge >= 0.3 is 0 Å². The van der Waals surface area contributed by atoms with Crippen LogP contribution in [0.4, 0.5) is 15.8 Å². The van der Waals surface area contributed by atoms with Gasteiger partial charge in [0.15, 0.2) is 0 Å². The van der Waals surface area contributed by atoms with Gasteiger partial charge in [-0.15, -0.1) is 0 Å². The van der Waals surface area contributed by atoms with Gasteiger partial charge < -0.3 is 10.6 Å². The van der Waals surface area contributed by atoms with E-state index in [1.54, 1.807) is 24.4 Å². The van der Waals surface area contributed by atoms with Crippen molar-refractivity contribution in [3.63, 3.8) is 0 Å². The lowest BCUT2D eigenvalue weighted by molar-refractivity contribution is 0.102. The number of amides is 1. The van der Waals surface area contributed by atoms with Crippen LogP contribution in [0.2, 0.25) is 0 Å². The zero-order valence-corrected chi connectivity index (χ0v) is 12.1. The Balaban J connectivity index is 2.10. The second-order valence-corrected chi connectivity index (χ2v) is 4.85. The van der Waals surface area contributed by atoms with E-state index in [1.165, 1.54) is 12.1 Å². The summed E-state index contributed by atoms with van der Waals surface area (Å²) >= 11 is 0. The number of carbonyl (C=O) groups is 1. The first-order chi connectivity index (χ1) is 10.1. The second kappa shape index (κ2) is 6.83. The van der Waals surface area contributed by atoms with Gasteiger partial charge in [0.25, 0.3) is 5.91 Å². The van der Waals surface area contributed by atoms with Crippen LogP contribution in [0.15, 0.2) is 42.6 Å². The highest BCUT2D eigenvalue weighted by Crippen LogP contribution is 2.14. The van der Waals surface area contributed by atoms with Crippen LogP contribution in [0.3, 0.4) is 0 Å². The Bertz CT molecular complexity index is 630. The van der Waals surface area contributed by atoms with Crippen molar-refractivity contribution in [2.45, 2.75) is 26.3 Å². The molecule has 0 radical (unpaired) electrons. The average Bonchev–Trinajstić information content (AvgIpc) is 2.47. The van der Waals surface area contributed by atoms with Crippen molar-refractivity contribution in [1.29, 1.82) is 0 Å². The number of hydrogen-bond acceptors (Lipinski definition) is 3. The fourth-order valence-corrected chi connectivity index (χ4v) is 1.79. The van der Waals surface area contributed by atoms with Crippen molar-refractivity contribution < 1.29 is 9.18 Å². The zero-order chi connectivity index (χ0) is 15.2. The van der Waals surface area contributed by atoms with Gasteiger partial charge in [0.2, 0.25) is 0 Å². The van der Waals surface area contributed by atoms with Gasteiger partial charge in [-0.1, -0.05) is 13.0 Å². The van der Waals surface area contributed by atoms with Crippen molar-refractivity contribution in [2.75, 3.05) is 10.6 Å². The first kappa shape index (κ1) is 15.0. The quantitative estimate of drug-likeness (QED) is 0.882. The van der Waals surface area contributed by atoms with Crippen molar-refractivity contribution in [2.24, 2.45) is 0 Å². The topological polar surface area (TPSA) is 54.0 Å². The van der Waals surface area contributed by atoms with Crippen LogP contribution in [0.5, 0.6) is 0 Å². The van der Waals surface area contributed by atoms with Gasteiger partial charge in [-0.25, -0.2) is 4.39 Å². The number of halogens is 1. The summed E-state index contributed by atoms with van der Waals surface area (Å²) in [6.07, 6.45) is 2.55. The summed E-state index contributed by atoms with van der Waals surface area (Å²) in [5.41, 5.74) is 1.53. The highest BCUT2D eigenvalue weighted by atomic mass is 19.1. The molecule has 5 heteroatoms. The van der Waals surface area contributed by atoms with E-state index in [-0.39, 0.29) is 11.6 Å². The van der Waals surface area contributed by atoms with Gasteiger partial charge in [-0.05, 0) is 43.7 Å². The van der Waals surface area contributed by atoms with E-state index in [0.29, 0.717) is 11.7 Å². The number of nitrogens with one attached hydrogen (secondary N) is 2. The summed E-state index contributed by atoms with van der Waals surface area (Å²) in [6, 6.07) is 9.56. The third-order valence-electron chi connectivity index (χ3n) is 3.10. The molecule has 0 saturated carbocycles. The van der Waals surface area contributed by atoms with Crippen LogP contribution in [0.25, 0.3) is 0 Å². The van der Waals surface area contributed by atoms with Crippen LogP contribution in [0, 0.1) is 5.82 Å². The number of carbonyl (C=O) groups excluding carboxylic acids is 1. The Morgan fingerprint density at radius 1 is 1.29 bits per heavy atom. The fourth-order valence-electron chi connectivity index (χ4n) is 1.79. The van der Waals surface area contributed by atoms with E-state index in [1.807, 2.05) is 6.07 Å². The largest absolute Gasteiger partial charge is 0.382 e. The molecule has 1 aromatic heterocycles. The Morgan fingerprint density at radius 2 is 2.10 bits per heavy atom. The molecule has 1 aromatic carbocycles. The van der Waals surface area contributed by atoms with Crippen LogP contribution in [-0.4, -0.2) is 16.9 Å². The second-order valence-electron chi connectivity index (χ2n) is 4.85. The number of nitrogens with zero attached hydrogens (tertiary/aromatic N) is 1. The molecule has 4 nitrogen and oxygen atoms in total. The molecule has 2 N–H and O–H groups in total. The lowest BCUT2D eigenvalue weighted by Crippen LogP contribution is -2.16. The van der Waals surface area contributed by atoms with Gasteiger partial charge in [0.1, 0.15) is 11.5 Å². The predicted molar refractivity (Wildman–Crippen MR) is 82.0 cm³/mol. The molecule has 110 valence electrons. The molecule has 0 saturated heterocycles. The van der Waals surface area contributed by atoms with Crippen molar-refractivity contribution in [3.8, 4) is 0 Å². The summed E-state index contributed by atoms with van der Waals surface area (Å²) in [4.78, 5) is 16.2. The van der Waals surface area contributed by atoms with Crippen LogP contribution in [-0.2, 0) is 0 Å². The minimum absolute atomic E-state index is 0.285. The lowest BCUT2D eigenvalue weighted by Gasteiger charge is -2.13. The molecule has 21 heavy (non-hydrogen) atoms. The average molecular weight is 287 g/mol. The predicted octanol–water partition coefficient (Wildman–Crippen LogP) is 3.68. The molecular formula is C16H18FN3O. The first-order valence-corrected chi connectivity index (χ1v) is 6.88. The molecule has 0 aliphatic heterocycles. The maximum atomic E-state index is 13.1. The van der Waals surface area contributed by atoms with E-state index >= 15 is 0 Å². The summed E-state index contributed by atoms with van der Waals surface area (Å²) in [6.45, 7) is 4.14. The van der Waals surface area contributed by atoms with Crippen molar-refractivity contribution >= 4 is 17.3 Å². The van der Waals surface area contributed by atoms with Crippen LogP contribution in [0.1, 0.15) is 30.8 Å². The summed E-state index contributed by atoms with van der Waals surface area (Å²) in [5, 5.41) is 5.90. The Labute approximate surface area is 123 Å². The van der Waals surface area contributed by atoms with Crippen molar-refractivity contribution in [1.82, 2.24) is 4.98 Å². The van der Waals surface area contributed by atoms with E-state index in [4.69, 9.17) is 0 Å². The Kier molecular flexibility index (Phi) is 4.87. The molecule has 2 aromatic rings. The molecule has 2 rings (SSSR count). The van der Waals surface area contributed by atoms with Gasteiger partial charge in [0, 0.05) is 23.6 Å². The first-order valence-electron chi connectivity index (χ1n) is 6.88. The van der Waals surface area contributed by atoms with Crippen LogP contribution >= 0.6 is 0 Å². The van der Waals surface area contributed by atoms with Gasteiger partial charge in [0.05, 0.1) is 0 Å². The molecule has 0 bridgehead atoms. The third-order valence-corrected chi connectivity index (χ3v) is 3.10. The number of anilines is 2. The third kappa shape index (κ3) is 4.27. The summed E-state index contributed by atoms with van der Waals surface area (Å²) < 4.78 is 13.1. The normalized spacial score (nSPS) is 11.8. The number of pyridine rings is 1. The summed E-state index contributed by atoms with van der Waals surface area (Å²) in [7, 11) is 0. The Hall–Kier alpha value is -2.43. The zero-order valence-electron chi connectivity index (χ0n) is 12.1. The molecular weight excluding hydrogens is 269 g/mol. The molecule has 0 fully saturated rings. The minimum Gasteiger partial charge on any atom is -0.382 e. The molecule has 0 spiro atoms. The van der Waals surface area contributed by atoms with Gasteiger partial charge in [-0.2, -0.15) is 0 Å². The molecule has 1 heterocycles. The molecule has 1 unspecified atom stereocenters. The molecule has 1 amide bonds. The van der Waals surface area contributed by atoms with E-state index in [2.05, 4.69) is 29.5 Å². The highest BCUT2D eigenvalue weighted by molar-refractivity contribution is 6.03. The van der Waals surface area contributed by atoms with E-state index < -0.39 is 5.82 Å². The number of aromatic nitrogens is 1. The summed E-state index contributed by atoms with van der Waals surface area (Å²) in [5.74, 6) is -0.763. The standard InChI is InChI=1S/C16H18FN3O/c1-3-11(2)19-14-7-8-18-15(10-14)16(21)20-13-6-4-5-12(17)9-13/h4-11H,3H2,1-2H3,(H,18,19)(H,20,21). The Morgan fingerprint density at radius 3 is 2.81 bits per heavy atom. The lowest BCUT2D eigenvalue weighted by atomic mass is 10.2. The van der Waals surface area contributed by atoms with Gasteiger partial charge in [-0.3, -0.25) is 9.78 Å². The monoisotopic (exact) mass is 287 g/mol. The van der Waals surface area contributed by atoms with Crippen molar-refractivity contribution in [3.05, 3.63) is 54.1 Å². The molecule has 0 aliphatic rings. The maximum Gasteiger partial charge on any atom is 0.274 e. The SMILES string of the molecule is CCC(C)Nc1ccnc(C(=O)Nc2cccc(F)c2)c1. The smallest absolute Gasteiger partial charge is 0.274 e.